The Morgan fingerprint density at radius 3 is 2.34 bits per heavy atom. The molecule has 0 unspecified atom stereocenters. The van der Waals surface area contributed by atoms with Gasteiger partial charge >= 0.3 is 0 Å². The van der Waals surface area contributed by atoms with E-state index in [2.05, 4.69) is 15.6 Å². The number of rotatable bonds is 8. The van der Waals surface area contributed by atoms with Gasteiger partial charge in [0.05, 0.1) is 11.5 Å². The highest BCUT2D eigenvalue weighted by Gasteiger charge is 2.09. The zero-order valence-electron chi connectivity index (χ0n) is 15.8. The van der Waals surface area contributed by atoms with Crippen LogP contribution in [0.3, 0.4) is 0 Å². The third-order valence-corrected chi connectivity index (χ3v) is 5.74. The summed E-state index contributed by atoms with van der Waals surface area (Å²) in [5.41, 5.74) is 2.84. The number of amides is 2. The lowest BCUT2D eigenvalue weighted by atomic mass is 10.1. The van der Waals surface area contributed by atoms with Crippen molar-refractivity contribution in [2.24, 2.45) is 0 Å². The quantitative estimate of drug-likeness (QED) is 0.553. The number of nitrogens with zero attached hydrogens (tertiary/aromatic N) is 1. The van der Waals surface area contributed by atoms with Crippen LogP contribution in [0.4, 0.5) is 15.2 Å². The van der Waals surface area contributed by atoms with E-state index in [0.717, 1.165) is 21.7 Å². The highest BCUT2D eigenvalue weighted by Crippen LogP contribution is 2.21. The smallest absolute Gasteiger partial charge is 0.236 e. The van der Waals surface area contributed by atoms with Gasteiger partial charge in [-0.1, -0.05) is 29.8 Å². The van der Waals surface area contributed by atoms with Gasteiger partial charge < -0.3 is 10.6 Å². The first kappa shape index (κ1) is 21.0. The summed E-state index contributed by atoms with van der Waals surface area (Å²) in [6.45, 7) is 1.98. The van der Waals surface area contributed by atoms with Crippen LogP contribution in [0.25, 0.3) is 0 Å². The van der Waals surface area contributed by atoms with Gasteiger partial charge in [0, 0.05) is 23.2 Å². The van der Waals surface area contributed by atoms with Gasteiger partial charge in [0.2, 0.25) is 11.8 Å². The third kappa shape index (κ3) is 6.99. The molecule has 0 saturated carbocycles. The van der Waals surface area contributed by atoms with Gasteiger partial charge in [-0.2, -0.15) is 0 Å². The molecule has 0 radical (unpaired) electrons. The fourth-order valence-electron chi connectivity index (χ4n) is 2.48. The molecule has 150 valence electrons. The van der Waals surface area contributed by atoms with Gasteiger partial charge in [0.15, 0.2) is 5.13 Å². The van der Waals surface area contributed by atoms with Gasteiger partial charge in [-0.05, 0) is 36.8 Å². The van der Waals surface area contributed by atoms with E-state index in [4.69, 9.17) is 0 Å². The number of anilines is 2. The second-order valence-electron chi connectivity index (χ2n) is 6.39. The molecular weight excluding hydrogens is 409 g/mol. The minimum atomic E-state index is -0.268. The molecule has 5 nitrogen and oxygen atoms in total. The van der Waals surface area contributed by atoms with Gasteiger partial charge in [-0.25, -0.2) is 9.37 Å². The fourth-order valence-corrected chi connectivity index (χ4v) is 3.96. The van der Waals surface area contributed by atoms with Crippen LogP contribution in [0, 0.1) is 12.7 Å². The van der Waals surface area contributed by atoms with Gasteiger partial charge in [-0.3, -0.25) is 9.59 Å². The Bertz CT molecular complexity index is 972. The number of carbonyl (C=O) groups excluding carboxylic acids is 2. The highest BCUT2D eigenvalue weighted by atomic mass is 32.2. The Kier molecular flexibility index (Phi) is 7.37. The number of hydrogen-bond acceptors (Lipinski definition) is 5. The normalized spacial score (nSPS) is 10.6. The minimum Gasteiger partial charge on any atom is -0.325 e. The Morgan fingerprint density at radius 2 is 1.66 bits per heavy atom. The van der Waals surface area contributed by atoms with Gasteiger partial charge in [-0.15, -0.1) is 23.1 Å². The molecule has 29 heavy (non-hydrogen) atoms. The molecule has 0 bridgehead atoms. The fraction of sp³-hybridized carbons (Fsp3) is 0.190. The summed E-state index contributed by atoms with van der Waals surface area (Å²) in [5.74, 6) is -0.275. The molecule has 2 amide bonds. The second kappa shape index (κ2) is 10.2. The maximum Gasteiger partial charge on any atom is 0.236 e. The maximum atomic E-state index is 13.0. The zero-order valence-corrected chi connectivity index (χ0v) is 17.4. The predicted molar refractivity (Wildman–Crippen MR) is 117 cm³/mol. The molecule has 2 N–H and O–H groups in total. The molecule has 0 atom stereocenters. The molecule has 3 rings (SSSR count). The van der Waals surface area contributed by atoms with Gasteiger partial charge in [0.1, 0.15) is 5.82 Å². The van der Waals surface area contributed by atoms with Crippen LogP contribution in [0.5, 0.6) is 0 Å². The molecule has 0 saturated heterocycles. The highest BCUT2D eigenvalue weighted by molar-refractivity contribution is 8.00. The minimum absolute atomic E-state index is 0.150. The summed E-state index contributed by atoms with van der Waals surface area (Å²) >= 11 is 2.62. The van der Waals surface area contributed by atoms with E-state index in [1.165, 1.54) is 35.2 Å². The number of thioether (sulfide) groups is 1. The number of halogens is 1. The summed E-state index contributed by atoms with van der Waals surface area (Å²) in [4.78, 5) is 29.2. The van der Waals surface area contributed by atoms with Crippen molar-refractivity contribution in [2.75, 3.05) is 22.1 Å². The van der Waals surface area contributed by atoms with E-state index in [1.54, 1.807) is 18.3 Å². The lowest BCUT2D eigenvalue weighted by Gasteiger charge is -2.05. The van der Waals surface area contributed by atoms with Crippen molar-refractivity contribution in [3.05, 3.63) is 76.5 Å². The van der Waals surface area contributed by atoms with Crippen molar-refractivity contribution in [3.63, 3.8) is 0 Å². The van der Waals surface area contributed by atoms with Crippen LogP contribution < -0.4 is 10.6 Å². The van der Waals surface area contributed by atoms with E-state index < -0.39 is 0 Å². The molecule has 1 heterocycles. The maximum absolute atomic E-state index is 13.0. The van der Waals surface area contributed by atoms with Crippen LogP contribution in [-0.4, -0.2) is 28.3 Å². The van der Waals surface area contributed by atoms with Crippen molar-refractivity contribution in [2.45, 2.75) is 13.3 Å². The molecule has 8 heteroatoms. The summed E-state index contributed by atoms with van der Waals surface area (Å²) < 4.78 is 13.0. The number of nitrogens with one attached hydrogen (secondary N) is 2. The van der Waals surface area contributed by atoms with Crippen molar-refractivity contribution in [1.82, 2.24) is 4.98 Å². The lowest BCUT2D eigenvalue weighted by Crippen LogP contribution is -2.18. The molecule has 0 aliphatic carbocycles. The third-order valence-electron chi connectivity index (χ3n) is 3.89. The summed E-state index contributed by atoms with van der Waals surface area (Å²) in [5, 5.41) is 6.05. The zero-order chi connectivity index (χ0) is 20.6. The summed E-state index contributed by atoms with van der Waals surface area (Å²) in [7, 11) is 0. The van der Waals surface area contributed by atoms with Crippen LogP contribution in [0.1, 0.15) is 16.0 Å². The Morgan fingerprint density at radius 1 is 1.00 bits per heavy atom. The molecular formula is C21H20FN3O2S2. The standard InChI is InChI=1S/C21H20FN3O2S2/c1-14-2-8-17(9-3-14)24-19(26)12-28-13-20(27)25-21-23-11-18(29-21)10-15-4-6-16(22)7-5-15/h2-9,11H,10,12-13H2,1H3,(H,24,26)(H,23,25,27). The second-order valence-corrected chi connectivity index (χ2v) is 8.49. The average molecular weight is 430 g/mol. The molecule has 2 aromatic carbocycles. The Labute approximate surface area is 176 Å². The van der Waals surface area contributed by atoms with Crippen LogP contribution in [-0.2, 0) is 16.0 Å². The summed E-state index contributed by atoms with van der Waals surface area (Å²) in [6.07, 6.45) is 2.33. The van der Waals surface area contributed by atoms with Crippen molar-refractivity contribution >= 4 is 45.7 Å². The molecule has 0 aliphatic rings. The SMILES string of the molecule is Cc1ccc(NC(=O)CSCC(=O)Nc2ncc(Cc3ccc(F)cc3)s2)cc1. The van der Waals surface area contributed by atoms with Crippen LogP contribution >= 0.6 is 23.1 Å². The molecule has 0 aliphatic heterocycles. The first-order valence-corrected chi connectivity index (χ1v) is 10.9. The molecule has 0 fully saturated rings. The molecule has 1 aromatic heterocycles. The number of carbonyl (C=O) groups is 2. The van der Waals surface area contributed by atoms with Crippen molar-refractivity contribution < 1.29 is 14.0 Å². The molecule has 0 spiro atoms. The number of aryl methyl sites for hydroxylation is 1. The van der Waals surface area contributed by atoms with Gasteiger partial charge in [0.25, 0.3) is 0 Å². The van der Waals surface area contributed by atoms with Crippen molar-refractivity contribution in [3.8, 4) is 0 Å². The van der Waals surface area contributed by atoms with Crippen LogP contribution in [0.15, 0.2) is 54.7 Å². The van der Waals surface area contributed by atoms with E-state index >= 15 is 0 Å². The predicted octanol–water partition coefficient (Wildman–Crippen LogP) is 4.49. The number of thiazole rings is 1. The van der Waals surface area contributed by atoms with E-state index in [1.807, 2.05) is 31.2 Å². The average Bonchev–Trinajstić information content (AvgIpc) is 3.12. The number of hydrogen-bond donors (Lipinski definition) is 2. The van der Waals surface area contributed by atoms with E-state index in [-0.39, 0.29) is 29.1 Å². The van der Waals surface area contributed by atoms with Crippen LogP contribution in [0.2, 0.25) is 0 Å². The topological polar surface area (TPSA) is 71.1 Å². The number of aromatic nitrogens is 1. The molecule has 3 aromatic rings. The first-order valence-electron chi connectivity index (χ1n) is 8.91. The number of benzene rings is 2. The van der Waals surface area contributed by atoms with E-state index in [0.29, 0.717) is 11.6 Å². The largest absolute Gasteiger partial charge is 0.325 e. The Hall–Kier alpha value is -2.71. The lowest BCUT2D eigenvalue weighted by molar-refractivity contribution is -0.114. The van der Waals surface area contributed by atoms with Crippen molar-refractivity contribution in [1.29, 1.82) is 0 Å². The monoisotopic (exact) mass is 429 g/mol. The Balaban J connectivity index is 1.39. The summed E-state index contributed by atoms with van der Waals surface area (Å²) in [6, 6.07) is 13.8. The van der Waals surface area contributed by atoms with E-state index in [9.17, 15) is 14.0 Å². The first-order chi connectivity index (χ1) is 14.0.